The van der Waals surface area contributed by atoms with E-state index in [4.69, 9.17) is 4.74 Å². The van der Waals surface area contributed by atoms with Crippen molar-refractivity contribution in [1.82, 2.24) is 0 Å². The molecule has 4 nitrogen and oxygen atoms in total. The number of rotatable bonds is 18. The fraction of sp³-hybridized carbons (Fsp3) is 0.484. The summed E-state index contributed by atoms with van der Waals surface area (Å²) in [6.07, 6.45) is 18.0. The number of hydrogen-bond donors (Lipinski definition) is 1. The first kappa shape index (κ1) is 27.9. The minimum atomic E-state index is -0.119. The van der Waals surface area contributed by atoms with E-state index in [1.807, 2.05) is 48.5 Å². The van der Waals surface area contributed by atoms with E-state index in [2.05, 4.69) is 33.9 Å². The van der Waals surface area contributed by atoms with Gasteiger partial charge in [0.2, 0.25) is 5.51 Å². The van der Waals surface area contributed by atoms with E-state index in [0.717, 1.165) is 24.4 Å². The summed E-state index contributed by atoms with van der Waals surface area (Å²) in [5, 5.41) is 5.08. The highest BCUT2D eigenvalue weighted by atomic mass is 32.1. The number of ether oxygens (including phenoxy) is 1. The van der Waals surface area contributed by atoms with E-state index in [1.54, 1.807) is 11.3 Å². The number of thiazole rings is 1. The standard InChI is InChI=1S/C31H42N2O2S/c1-2-3-4-5-6-7-8-9-10-11-12-15-23-35-30-17-14-13-16-29(30)32-31(34)28-20-18-27(19-21-28)25-33-22-24-36-26-33/h13-14,16-22,24,26H,2-12,15,23,25H2,1H3/p+1. The second-order valence-corrected chi connectivity index (χ2v) is 10.3. The maximum absolute atomic E-state index is 12.8. The Labute approximate surface area is 221 Å². The number of unbranched alkanes of at least 4 members (excludes halogenated alkanes) is 11. The minimum absolute atomic E-state index is 0.119. The van der Waals surface area contributed by atoms with Crippen molar-refractivity contribution in [2.24, 2.45) is 0 Å². The molecule has 2 aromatic carbocycles. The van der Waals surface area contributed by atoms with Gasteiger partial charge in [0.05, 0.1) is 17.7 Å². The summed E-state index contributed by atoms with van der Waals surface area (Å²) in [6, 6.07) is 15.5. The minimum Gasteiger partial charge on any atom is -0.491 e. The van der Waals surface area contributed by atoms with Crippen LogP contribution in [0.4, 0.5) is 5.69 Å². The maximum Gasteiger partial charge on any atom is 0.255 e. The molecule has 0 aliphatic rings. The van der Waals surface area contributed by atoms with Gasteiger partial charge in [-0.05, 0) is 30.7 Å². The van der Waals surface area contributed by atoms with Crippen molar-refractivity contribution in [2.75, 3.05) is 11.9 Å². The molecule has 194 valence electrons. The Hall–Kier alpha value is -2.66. The van der Waals surface area contributed by atoms with Gasteiger partial charge < -0.3 is 10.1 Å². The van der Waals surface area contributed by atoms with Gasteiger partial charge in [-0.3, -0.25) is 4.79 Å². The lowest BCUT2D eigenvalue weighted by Crippen LogP contribution is -2.30. The molecule has 0 atom stereocenters. The number of anilines is 1. The summed E-state index contributed by atoms with van der Waals surface area (Å²) >= 11 is 1.67. The van der Waals surface area contributed by atoms with Crippen molar-refractivity contribution >= 4 is 22.9 Å². The number of carbonyl (C=O) groups excluding carboxylic acids is 1. The molecular weight excluding hydrogens is 464 g/mol. The Morgan fingerprint density at radius 2 is 1.47 bits per heavy atom. The molecule has 0 aliphatic heterocycles. The van der Waals surface area contributed by atoms with Crippen molar-refractivity contribution in [3.8, 4) is 5.75 Å². The van der Waals surface area contributed by atoms with Crippen LogP contribution in [0.15, 0.2) is 65.6 Å². The lowest BCUT2D eigenvalue weighted by molar-refractivity contribution is -0.683. The Kier molecular flexibility index (Phi) is 13.1. The van der Waals surface area contributed by atoms with E-state index in [1.165, 1.54) is 76.2 Å². The second-order valence-electron chi connectivity index (χ2n) is 9.58. The zero-order valence-corrected chi connectivity index (χ0v) is 22.7. The molecule has 0 saturated carbocycles. The fourth-order valence-electron chi connectivity index (χ4n) is 4.34. The number of benzene rings is 2. The van der Waals surface area contributed by atoms with Crippen molar-refractivity contribution in [3.05, 3.63) is 76.7 Å². The van der Waals surface area contributed by atoms with Crippen LogP contribution in [0.25, 0.3) is 0 Å². The quantitative estimate of drug-likeness (QED) is 0.139. The van der Waals surface area contributed by atoms with Crippen LogP contribution in [0, 0.1) is 0 Å². The van der Waals surface area contributed by atoms with Crippen molar-refractivity contribution in [1.29, 1.82) is 0 Å². The molecule has 1 N–H and O–H groups in total. The number of nitrogens with zero attached hydrogens (tertiary/aromatic N) is 1. The predicted molar refractivity (Wildman–Crippen MR) is 151 cm³/mol. The van der Waals surface area contributed by atoms with Gasteiger partial charge in [-0.15, -0.1) is 0 Å². The van der Waals surface area contributed by atoms with E-state index in [-0.39, 0.29) is 5.91 Å². The largest absolute Gasteiger partial charge is 0.491 e. The number of aromatic nitrogens is 1. The predicted octanol–water partition coefficient (Wildman–Crippen LogP) is 8.42. The van der Waals surface area contributed by atoms with Gasteiger partial charge >= 0.3 is 0 Å². The number of nitrogens with one attached hydrogen (secondary N) is 1. The summed E-state index contributed by atoms with van der Waals surface area (Å²) in [4.78, 5) is 12.8. The zero-order valence-electron chi connectivity index (χ0n) is 21.9. The summed E-state index contributed by atoms with van der Waals surface area (Å²) in [7, 11) is 0. The molecule has 0 spiro atoms. The van der Waals surface area contributed by atoms with Gasteiger partial charge in [0, 0.05) is 11.1 Å². The van der Waals surface area contributed by atoms with Crippen LogP contribution in [0.5, 0.6) is 5.75 Å². The summed E-state index contributed by atoms with van der Waals surface area (Å²) in [5.41, 5.74) is 4.61. The Morgan fingerprint density at radius 3 is 2.11 bits per heavy atom. The number of hydrogen-bond acceptors (Lipinski definition) is 3. The van der Waals surface area contributed by atoms with Gasteiger partial charge in [0.15, 0.2) is 12.7 Å². The Balaban J connectivity index is 1.32. The first-order valence-corrected chi connectivity index (χ1v) is 14.7. The lowest BCUT2D eigenvalue weighted by Gasteiger charge is -2.12. The molecule has 5 heteroatoms. The summed E-state index contributed by atoms with van der Waals surface area (Å²) < 4.78 is 8.16. The van der Waals surface area contributed by atoms with Gasteiger partial charge in [0.1, 0.15) is 5.75 Å². The SMILES string of the molecule is CCCCCCCCCCCCCCOc1ccccc1NC(=O)c1ccc(C[n+]2ccsc2)cc1. The zero-order chi connectivity index (χ0) is 25.3. The Bertz CT molecular complexity index is 986. The molecule has 0 radical (unpaired) electrons. The number of para-hydroxylation sites is 2. The molecule has 0 bridgehead atoms. The highest BCUT2D eigenvalue weighted by molar-refractivity contribution is 7.07. The first-order chi connectivity index (χ1) is 17.8. The van der Waals surface area contributed by atoms with Gasteiger partial charge in [-0.1, -0.05) is 113 Å². The third-order valence-corrected chi connectivity index (χ3v) is 7.17. The first-order valence-electron chi connectivity index (χ1n) is 13.8. The average molecular weight is 508 g/mol. The number of amides is 1. The van der Waals surface area contributed by atoms with Crippen LogP contribution in [0.2, 0.25) is 0 Å². The molecule has 36 heavy (non-hydrogen) atoms. The van der Waals surface area contributed by atoms with Crippen LogP contribution in [0.3, 0.4) is 0 Å². The van der Waals surface area contributed by atoms with E-state index in [9.17, 15) is 4.79 Å². The summed E-state index contributed by atoms with van der Waals surface area (Å²) in [5.74, 6) is 0.616. The van der Waals surface area contributed by atoms with Gasteiger partial charge in [-0.2, -0.15) is 4.57 Å². The molecule has 0 fully saturated rings. The van der Waals surface area contributed by atoms with Crippen LogP contribution in [0.1, 0.15) is 99.9 Å². The van der Waals surface area contributed by atoms with E-state index in [0.29, 0.717) is 12.2 Å². The smallest absolute Gasteiger partial charge is 0.255 e. The van der Waals surface area contributed by atoms with Crippen molar-refractivity contribution < 1.29 is 14.1 Å². The monoisotopic (exact) mass is 507 g/mol. The van der Waals surface area contributed by atoms with Crippen LogP contribution in [-0.2, 0) is 6.54 Å². The fourth-order valence-corrected chi connectivity index (χ4v) is 4.94. The molecule has 3 aromatic rings. The van der Waals surface area contributed by atoms with Crippen LogP contribution >= 0.6 is 11.3 Å². The van der Waals surface area contributed by atoms with Crippen LogP contribution < -0.4 is 14.6 Å². The normalized spacial score (nSPS) is 10.9. The van der Waals surface area contributed by atoms with Gasteiger partial charge in [0.25, 0.3) is 5.91 Å². The molecule has 0 aliphatic carbocycles. The highest BCUT2D eigenvalue weighted by Gasteiger charge is 2.11. The second kappa shape index (κ2) is 16.9. The van der Waals surface area contributed by atoms with Crippen molar-refractivity contribution in [3.63, 3.8) is 0 Å². The third kappa shape index (κ3) is 10.5. The maximum atomic E-state index is 12.8. The van der Waals surface area contributed by atoms with Crippen molar-refractivity contribution in [2.45, 2.75) is 90.5 Å². The average Bonchev–Trinajstić information content (AvgIpc) is 3.41. The molecule has 0 unspecified atom stereocenters. The van der Waals surface area contributed by atoms with E-state index < -0.39 is 0 Å². The van der Waals surface area contributed by atoms with Crippen LogP contribution in [-0.4, -0.2) is 12.5 Å². The molecule has 3 rings (SSSR count). The topological polar surface area (TPSA) is 42.2 Å². The Morgan fingerprint density at radius 1 is 0.833 bits per heavy atom. The highest BCUT2D eigenvalue weighted by Crippen LogP contribution is 2.25. The molecular formula is C31H43N2O2S+. The molecule has 1 aromatic heterocycles. The molecule has 0 saturated heterocycles. The van der Waals surface area contributed by atoms with Gasteiger partial charge in [-0.25, -0.2) is 0 Å². The lowest BCUT2D eigenvalue weighted by atomic mass is 10.1. The van der Waals surface area contributed by atoms with E-state index >= 15 is 0 Å². The summed E-state index contributed by atoms with van der Waals surface area (Å²) in [6.45, 7) is 3.76. The molecule has 1 amide bonds. The third-order valence-electron chi connectivity index (χ3n) is 6.50. The number of carbonyl (C=O) groups is 1. The molecule has 1 heterocycles.